The molecule has 0 fully saturated rings. The number of hydrogen-bond donors (Lipinski definition) is 0. The summed E-state index contributed by atoms with van der Waals surface area (Å²) >= 11 is 3.84. The van der Waals surface area contributed by atoms with Gasteiger partial charge in [0.05, 0.1) is 88.4 Å². The summed E-state index contributed by atoms with van der Waals surface area (Å²) in [5.41, 5.74) is 31.4. The molecule has 6 nitrogen and oxygen atoms in total. The molecule has 0 aliphatic carbocycles. The highest BCUT2D eigenvalue weighted by molar-refractivity contribution is 8.00. The second kappa shape index (κ2) is 25.5. The van der Waals surface area contributed by atoms with Crippen molar-refractivity contribution in [1.29, 1.82) is 0 Å². The van der Waals surface area contributed by atoms with E-state index in [1.807, 2.05) is 23.5 Å². The molecular formula is C118H70N6S2. The molecule has 2 unspecified atom stereocenters. The molecular weight excluding hydrogens is 1570 g/mol. The van der Waals surface area contributed by atoms with E-state index in [1.165, 1.54) is 239 Å². The van der Waals surface area contributed by atoms with Gasteiger partial charge in [0, 0.05) is 107 Å². The minimum absolute atomic E-state index is 0.543. The molecule has 0 saturated carbocycles. The van der Waals surface area contributed by atoms with Crippen LogP contribution in [0.15, 0.2) is 444 Å². The molecule has 584 valence electrons. The van der Waals surface area contributed by atoms with Crippen molar-refractivity contribution in [2.24, 2.45) is 0 Å². The summed E-state index contributed by atoms with van der Waals surface area (Å²) in [7, 11) is 0. The van der Waals surface area contributed by atoms with Crippen LogP contribution in [0, 0.1) is 0 Å². The predicted molar refractivity (Wildman–Crippen MR) is 526 cm³/mol. The Morgan fingerprint density at radius 1 is 0.159 bits per heavy atom. The number of rotatable bonds is 4. The molecule has 10 heterocycles. The highest BCUT2D eigenvalue weighted by atomic mass is 32.2. The summed E-state index contributed by atoms with van der Waals surface area (Å²) in [6.45, 7) is 0. The zero-order valence-corrected chi connectivity index (χ0v) is 69.5. The van der Waals surface area contributed by atoms with Crippen molar-refractivity contribution >= 4 is 176 Å². The Balaban J connectivity index is 0.000000125. The molecule has 126 heavy (non-hydrogen) atoms. The molecule has 4 aliphatic heterocycles. The summed E-state index contributed by atoms with van der Waals surface area (Å²) in [4.78, 5) is 5.18. The molecule has 0 N–H and O–H groups in total. The van der Waals surface area contributed by atoms with Gasteiger partial charge in [0.2, 0.25) is 0 Å². The number of para-hydroxylation sites is 10. The molecule has 2 spiro atoms. The lowest BCUT2D eigenvalue weighted by molar-refractivity contribution is 0.691. The highest BCUT2D eigenvalue weighted by Crippen LogP contribution is 2.65. The van der Waals surface area contributed by atoms with Crippen molar-refractivity contribution in [3.63, 3.8) is 0 Å². The van der Waals surface area contributed by atoms with Crippen LogP contribution < -0.4 is 0 Å². The Hall–Kier alpha value is -15.6. The van der Waals surface area contributed by atoms with Gasteiger partial charge in [-0.2, -0.15) is 0 Å². The third-order valence-corrected chi connectivity index (χ3v) is 30.8. The summed E-state index contributed by atoms with van der Waals surface area (Å²) in [5, 5.41) is 20.1. The van der Waals surface area contributed by atoms with E-state index < -0.39 is 10.8 Å². The minimum Gasteiger partial charge on any atom is -0.309 e. The van der Waals surface area contributed by atoms with E-state index in [0.29, 0.717) is 0 Å². The topological polar surface area (TPSA) is 29.6 Å². The van der Waals surface area contributed by atoms with Crippen molar-refractivity contribution < 1.29 is 0 Å². The lowest BCUT2D eigenvalue weighted by atomic mass is 9.62. The van der Waals surface area contributed by atoms with Crippen molar-refractivity contribution in [2.75, 3.05) is 0 Å². The molecule has 4 aliphatic rings. The van der Waals surface area contributed by atoms with Crippen LogP contribution in [0.4, 0.5) is 0 Å². The fourth-order valence-corrected chi connectivity index (χ4v) is 26.1. The van der Waals surface area contributed by atoms with Crippen LogP contribution in [-0.2, 0) is 10.8 Å². The van der Waals surface area contributed by atoms with Crippen LogP contribution in [0.3, 0.4) is 0 Å². The third kappa shape index (κ3) is 8.97. The van der Waals surface area contributed by atoms with Crippen molar-refractivity contribution in [3.8, 4) is 34.1 Å². The Kier molecular flexibility index (Phi) is 14.0. The molecule has 0 saturated heterocycles. The molecule has 0 radical (unpaired) electrons. The van der Waals surface area contributed by atoms with Crippen molar-refractivity contribution in [1.82, 2.24) is 27.4 Å². The molecule has 30 rings (SSSR count). The van der Waals surface area contributed by atoms with E-state index in [2.05, 4.69) is 452 Å². The smallest absolute Gasteiger partial charge is 0.0765 e. The number of fused-ring (bicyclic) bond motifs is 37. The van der Waals surface area contributed by atoms with Crippen LogP contribution in [0.2, 0.25) is 0 Å². The lowest BCUT2D eigenvalue weighted by Gasteiger charge is -2.45. The van der Waals surface area contributed by atoms with E-state index in [9.17, 15) is 0 Å². The molecule has 6 aromatic heterocycles. The quantitative estimate of drug-likeness (QED) is 0.176. The Morgan fingerprint density at radius 3 is 0.992 bits per heavy atom. The zero-order valence-electron chi connectivity index (χ0n) is 67.9. The van der Waals surface area contributed by atoms with Gasteiger partial charge < -0.3 is 27.4 Å². The first-order valence-electron chi connectivity index (χ1n) is 43.5. The van der Waals surface area contributed by atoms with E-state index >= 15 is 0 Å². The van der Waals surface area contributed by atoms with Crippen LogP contribution in [0.1, 0.15) is 44.5 Å². The van der Waals surface area contributed by atoms with Gasteiger partial charge in [-0.3, -0.25) is 0 Å². The Bertz CT molecular complexity index is 9360. The number of nitrogens with zero attached hydrogens (tertiary/aromatic N) is 6. The van der Waals surface area contributed by atoms with Crippen LogP contribution in [0.25, 0.3) is 187 Å². The molecule has 26 aromatic rings. The number of hydrogen-bond acceptors (Lipinski definition) is 2. The first kappa shape index (κ1) is 69.0. The Labute approximate surface area is 731 Å². The average molecular weight is 1640 g/mol. The summed E-state index contributed by atoms with van der Waals surface area (Å²) in [5.74, 6) is 0. The normalized spacial score (nSPS) is 15.3. The van der Waals surface area contributed by atoms with Gasteiger partial charge in [0.15, 0.2) is 0 Å². The molecule has 2 atom stereocenters. The van der Waals surface area contributed by atoms with E-state index in [1.54, 1.807) is 0 Å². The third-order valence-electron chi connectivity index (χ3n) is 28.5. The van der Waals surface area contributed by atoms with E-state index in [-0.39, 0.29) is 0 Å². The number of aromatic nitrogens is 6. The maximum Gasteiger partial charge on any atom is 0.0765 e. The maximum absolute atomic E-state index is 2.56. The van der Waals surface area contributed by atoms with Gasteiger partial charge in [0.1, 0.15) is 0 Å². The second-order valence-corrected chi connectivity index (χ2v) is 36.6. The SMILES string of the molecule is c1ccc2c(c1)Sc1c(ccc3c4ccccc4n(-c4ccc5c(c4)c4ccccc4n5-c4ccc5ccccc5c4)c13)C21c2ccccc2-n2c3ccccc3c3cccc1c32.c1ccc2c(c1)Sc1cc3c(cc1C21c2ccccc2-n2c4ccccc4c4cccc1c42)c1ccccc1n3-c1ccc2c(c1)c1ccccc1n2-c1ccc2ccccc2c1. The number of benzene rings is 20. The van der Waals surface area contributed by atoms with Crippen molar-refractivity contribution in [3.05, 3.63) is 469 Å². The van der Waals surface area contributed by atoms with Crippen LogP contribution in [-0.4, -0.2) is 27.4 Å². The average Bonchev–Trinajstić information content (AvgIpc) is 1.19. The predicted octanol–water partition coefficient (Wildman–Crippen LogP) is 30.6. The van der Waals surface area contributed by atoms with Crippen molar-refractivity contribution in [2.45, 2.75) is 30.4 Å². The maximum atomic E-state index is 2.56. The fraction of sp³-hybridized carbons (Fsp3) is 0.0169. The summed E-state index contributed by atoms with van der Waals surface area (Å²) < 4.78 is 15.0. The van der Waals surface area contributed by atoms with Crippen LogP contribution in [0.5, 0.6) is 0 Å². The molecule has 20 aromatic carbocycles. The largest absolute Gasteiger partial charge is 0.309 e. The van der Waals surface area contributed by atoms with Crippen LogP contribution >= 0.6 is 23.5 Å². The van der Waals surface area contributed by atoms with Gasteiger partial charge >= 0.3 is 0 Å². The van der Waals surface area contributed by atoms with E-state index in [0.717, 1.165) is 11.4 Å². The molecule has 0 bridgehead atoms. The monoisotopic (exact) mass is 1630 g/mol. The molecule has 8 heteroatoms. The highest BCUT2D eigenvalue weighted by Gasteiger charge is 2.52. The summed E-state index contributed by atoms with van der Waals surface area (Å²) in [6.07, 6.45) is 0. The van der Waals surface area contributed by atoms with Gasteiger partial charge in [-0.15, -0.1) is 0 Å². The second-order valence-electron chi connectivity index (χ2n) is 34.4. The Morgan fingerprint density at radius 2 is 0.492 bits per heavy atom. The van der Waals surface area contributed by atoms with Gasteiger partial charge in [-0.05, 0) is 200 Å². The first-order chi connectivity index (χ1) is 62.5. The van der Waals surface area contributed by atoms with E-state index in [4.69, 9.17) is 0 Å². The summed E-state index contributed by atoms with van der Waals surface area (Å²) in [6, 6.07) is 159. The standard InChI is InChI=1S/2C59H35N3S/c1-2-15-37-34-38(29-28-36(37)14-1)60-50-23-8-5-18-42(50)45-35-39(30-33-53(45)60)61-51-24-9-3-17-41(51)44-31-32-49-58(57(44)61)63-55-27-12-7-21-47(55)59(49)46-20-6-11-26-54(46)62-52-25-10-4-16-40(52)43-19-13-22-48(59)56(43)62;1-2-15-37-32-38(29-28-36(37)14-1)60-50-23-8-4-17-41(50)44-33-39(30-31-53(44)60)61-51-24-9-5-18-42(51)45-34-49-57(35-55(45)61)63-56-27-12-7-21-47(56)59(49)46-20-6-11-26-54(46)62-52-25-10-3-16-40(52)43-19-13-22-48(59)58(43)62/h2*1-35H. The van der Waals surface area contributed by atoms with Gasteiger partial charge in [-0.1, -0.05) is 315 Å². The van der Waals surface area contributed by atoms with Gasteiger partial charge in [0.25, 0.3) is 0 Å². The first-order valence-corrected chi connectivity index (χ1v) is 45.2. The minimum atomic E-state index is -0.565. The van der Waals surface area contributed by atoms with Gasteiger partial charge in [-0.25, -0.2) is 0 Å². The fourth-order valence-electron chi connectivity index (χ4n) is 23.5. The zero-order chi connectivity index (χ0) is 81.9. The lowest BCUT2D eigenvalue weighted by Crippen LogP contribution is -2.37. The molecule has 0 amide bonds.